The second-order valence-corrected chi connectivity index (χ2v) is 3.87. The molecule has 1 amide bonds. The molecule has 0 saturated carbocycles. The van der Waals surface area contributed by atoms with Gasteiger partial charge in [0.15, 0.2) is 0 Å². The molecular weight excluding hydrogens is 172 g/mol. The van der Waals surface area contributed by atoms with Crippen molar-refractivity contribution in [2.24, 2.45) is 0 Å². The summed E-state index contributed by atoms with van der Waals surface area (Å²) in [5.74, 6) is -0.796. The lowest BCUT2D eigenvalue weighted by molar-refractivity contribution is -0.130. The molecule has 1 unspecified atom stereocenters. The minimum Gasteiger partial charge on any atom is -0.289 e. The Morgan fingerprint density at radius 1 is 1.55 bits per heavy atom. The topological polar surface area (TPSA) is 95.5 Å². The Hall–Kier alpha value is -0.660. The van der Waals surface area contributed by atoms with E-state index in [1.807, 2.05) is 4.72 Å². The number of hydrogen-bond acceptors (Lipinski definition) is 4. The summed E-state index contributed by atoms with van der Waals surface area (Å²) in [5.41, 5.74) is 1.32. The molecule has 0 saturated heterocycles. The smallest absolute Gasteiger partial charge is 0.261 e. The van der Waals surface area contributed by atoms with Gasteiger partial charge in [0.25, 0.3) is 5.91 Å². The van der Waals surface area contributed by atoms with E-state index in [0.717, 1.165) is 6.26 Å². The summed E-state index contributed by atoms with van der Waals surface area (Å²) in [5, 5.41) is 8.07. The van der Waals surface area contributed by atoms with Crippen LogP contribution in [0.5, 0.6) is 0 Å². The molecule has 0 rings (SSSR count). The number of amides is 1. The fourth-order valence-corrected chi connectivity index (χ4v) is 1.22. The van der Waals surface area contributed by atoms with Crippen LogP contribution < -0.4 is 10.2 Å². The molecule has 3 N–H and O–H groups in total. The Labute approximate surface area is 64.6 Å². The summed E-state index contributed by atoms with van der Waals surface area (Å²) in [4.78, 5) is 10.5. The normalized spacial score (nSPS) is 14.1. The minimum atomic E-state index is -3.40. The lowest BCUT2D eigenvalue weighted by atomic mass is 10.4. The molecule has 0 heterocycles. The SMILES string of the molecule is CC(NS(C)(=O)=O)C(=O)NO. The first kappa shape index (κ1) is 10.3. The molecule has 0 radical (unpaired) electrons. The van der Waals surface area contributed by atoms with Crippen molar-refractivity contribution in [3.05, 3.63) is 0 Å². The second-order valence-electron chi connectivity index (χ2n) is 2.09. The van der Waals surface area contributed by atoms with Gasteiger partial charge in [-0.25, -0.2) is 18.6 Å². The maximum absolute atomic E-state index is 10.5. The molecule has 0 bridgehead atoms. The summed E-state index contributed by atoms with van der Waals surface area (Å²) in [6, 6.07) is -0.963. The zero-order valence-corrected chi connectivity index (χ0v) is 6.97. The number of rotatable bonds is 3. The van der Waals surface area contributed by atoms with Crippen molar-refractivity contribution < 1.29 is 18.4 Å². The average molecular weight is 182 g/mol. The number of carbonyl (C=O) groups is 1. The third kappa shape index (κ3) is 4.71. The highest BCUT2D eigenvalue weighted by atomic mass is 32.2. The zero-order chi connectivity index (χ0) is 9.07. The molecule has 0 aromatic rings. The molecule has 0 spiro atoms. The third-order valence-electron chi connectivity index (χ3n) is 0.894. The molecule has 11 heavy (non-hydrogen) atoms. The highest BCUT2D eigenvalue weighted by Crippen LogP contribution is 1.84. The van der Waals surface area contributed by atoms with Crippen LogP contribution in [0, 0.1) is 0 Å². The third-order valence-corrected chi connectivity index (χ3v) is 1.68. The van der Waals surface area contributed by atoms with Crippen LogP contribution in [-0.4, -0.2) is 31.8 Å². The summed E-state index contributed by atoms with van der Waals surface area (Å²) in [7, 11) is -3.40. The molecule has 6 nitrogen and oxygen atoms in total. The standard InChI is InChI=1S/C4H10N2O4S/c1-3(4(7)5-8)6-11(2,9)10/h3,6,8H,1-2H3,(H,5,7). The lowest BCUT2D eigenvalue weighted by Gasteiger charge is -2.08. The average Bonchev–Trinajstić information content (AvgIpc) is 1.82. The Bertz CT molecular complexity index is 234. The molecule has 0 aromatic heterocycles. The van der Waals surface area contributed by atoms with Gasteiger partial charge in [-0.3, -0.25) is 10.0 Å². The zero-order valence-electron chi connectivity index (χ0n) is 6.16. The van der Waals surface area contributed by atoms with E-state index < -0.39 is 22.0 Å². The Morgan fingerprint density at radius 3 is 2.27 bits per heavy atom. The van der Waals surface area contributed by atoms with E-state index in [4.69, 9.17) is 5.21 Å². The second kappa shape index (κ2) is 3.65. The molecule has 66 valence electrons. The van der Waals surface area contributed by atoms with Crippen LogP contribution in [0.2, 0.25) is 0 Å². The van der Waals surface area contributed by atoms with Crippen molar-refractivity contribution in [1.29, 1.82) is 0 Å². The van der Waals surface area contributed by atoms with Crippen molar-refractivity contribution >= 4 is 15.9 Å². The van der Waals surface area contributed by atoms with E-state index in [-0.39, 0.29) is 0 Å². The Kier molecular flexibility index (Phi) is 3.43. The van der Waals surface area contributed by atoms with Crippen LogP contribution in [0.1, 0.15) is 6.92 Å². The van der Waals surface area contributed by atoms with Crippen LogP contribution in [0.15, 0.2) is 0 Å². The van der Waals surface area contributed by atoms with Crippen LogP contribution in [0.4, 0.5) is 0 Å². The van der Waals surface area contributed by atoms with Crippen LogP contribution in [0.3, 0.4) is 0 Å². The number of hydrogen-bond donors (Lipinski definition) is 3. The summed E-state index contributed by atoms with van der Waals surface area (Å²) in [6.07, 6.45) is 0.925. The predicted molar refractivity (Wildman–Crippen MR) is 37.4 cm³/mol. The largest absolute Gasteiger partial charge is 0.289 e. The monoisotopic (exact) mass is 182 g/mol. The minimum absolute atomic E-state index is 0.796. The summed E-state index contributed by atoms with van der Waals surface area (Å²) < 4.78 is 22.9. The molecular formula is C4H10N2O4S. The Morgan fingerprint density at radius 2 is 2.00 bits per heavy atom. The van der Waals surface area contributed by atoms with Crippen molar-refractivity contribution in [2.75, 3.05) is 6.26 Å². The van der Waals surface area contributed by atoms with Crippen LogP contribution in [0.25, 0.3) is 0 Å². The fourth-order valence-electron chi connectivity index (χ4n) is 0.471. The van der Waals surface area contributed by atoms with Crippen molar-refractivity contribution in [3.63, 3.8) is 0 Å². The van der Waals surface area contributed by atoms with Gasteiger partial charge < -0.3 is 0 Å². The van der Waals surface area contributed by atoms with Gasteiger partial charge in [0.2, 0.25) is 10.0 Å². The van der Waals surface area contributed by atoms with Crippen LogP contribution >= 0.6 is 0 Å². The molecule has 0 fully saturated rings. The molecule has 0 aromatic carbocycles. The maximum atomic E-state index is 10.5. The van der Waals surface area contributed by atoms with E-state index in [0.29, 0.717) is 0 Å². The van der Waals surface area contributed by atoms with Gasteiger partial charge in [0, 0.05) is 0 Å². The van der Waals surface area contributed by atoms with Gasteiger partial charge in [-0.15, -0.1) is 0 Å². The molecule has 0 aliphatic heterocycles. The first-order valence-electron chi connectivity index (χ1n) is 2.78. The first-order chi connectivity index (χ1) is 4.87. The van der Waals surface area contributed by atoms with E-state index in [1.165, 1.54) is 12.4 Å². The Balaban J connectivity index is 4.09. The van der Waals surface area contributed by atoms with Gasteiger partial charge in [-0.2, -0.15) is 0 Å². The lowest BCUT2D eigenvalue weighted by Crippen LogP contribution is -2.43. The quantitative estimate of drug-likeness (QED) is 0.363. The molecule has 0 aliphatic carbocycles. The van der Waals surface area contributed by atoms with Crippen molar-refractivity contribution in [3.8, 4) is 0 Å². The maximum Gasteiger partial charge on any atom is 0.261 e. The number of hydroxylamine groups is 1. The number of nitrogens with one attached hydrogen (secondary N) is 2. The van der Waals surface area contributed by atoms with E-state index in [2.05, 4.69) is 0 Å². The fraction of sp³-hybridized carbons (Fsp3) is 0.750. The van der Waals surface area contributed by atoms with Crippen LogP contribution in [-0.2, 0) is 14.8 Å². The summed E-state index contributed by atoms with van der Waals surface area (Å²) in [6.45, 7) is 1.31. The first-order valence-corrected chi connectivity index (χ1v) is 4.67. The number of carbonyl (C=O) groups excluding carboxylic acids is 1. The molecule has 1 atom stereocenters. The highest BCUT2D eigenvalue weighted by Gasteiger charge is 2.15. The predicted octanol–water partition coefficient (Wildman–Crippen LogP) is -1.57. The van der Waals surface area contributed by atoms with Gasteiger partial charge in [-0.05, 0) is 6.92 Å². The van der Waals surface area contributed by atoms with Gasteiger partial charge >= 0.3 is 0 Å². The molecule has 7 heteroatoms. The number of sulfonamides is 1. The van der Waals surface area contributed by atoms with Crippen molar-refractivity contribution in [1.82, 2.24) is 10.2 Å². The van der Waals surface area contributed by atoms with E-state index >= 15 is 0 Å². The van der Waals surface area contributed by atoms with Gasteiger partial charge in [-0.1, -0.05) is 0 Å². The highest BCUT2D eigenvalue weighted by molar-refractivity contribution is 7.88. The summed E-state index contributed by atoms with van der Waals surface area (Å²) >= 11 is 0. The van der Waals surface area contributed by atoms with E-state index in [9.17, 15) is 13.2 Å². The van der Waals surface area contributed by atoms with E-state index in [1.54, 1.807) is 0 Å². The van der Waals surface area contributed by atoms with Crippen molar-refractivity contribution in [2.45, 2.75) is 13.0 Å². The van der Waals surface area contributed by atoms with Gasteiger partial charge in [0.05, 0.1) is 12.3 Å². The molecule has 0 aliphatic rings. The van der Waals surface area contributed by atoms with Gasteiger partial charge in [0.1, 0.15) is 0 Å².